The molecule has 17 heavy (non-hydrogen) atoms. The molecule has 1 saturated carbocycles. The minimum Gasteiger partial charge on any atom is -0.207 e. The minimum absolute atomic E-state index is 0.00704. The molecule has 1 aromatic carbocycles. The summed E-state index contributed by atoms with van der Waals surface area (Å²) in [6.45, 7) is 0. The molecule has 0 bridgehead atoms. The molecule has 0 radical (unpaired) electrons. The summed E-state index contributed by atoms with van der Waals surface area (Å²) in [5.41, 5.74) is 0. The first-order valence-corrected chi connectivity index (χ1v) is 7.59. The summed E-state index contributed by atoms with van der Waals surface area (Å²) in [5.74, 6) is -0.562. The van der Waals surface area contributed by atoms with E-state index in [0.29, 0.717) is 0 Å². The van der Waals surface area contributed by atoms with E-state index in [0.717, 1.165) is 25.3 Å². The summed E-state index contributed by atoms with van der Waals surface area (Å²) in [7, 11) is -2.01. The van der Waals surface area contributed by atoms with E-state index in [1.807, 2.05) is 0 Å². The van der Waals surface area contributed by atoms with Crippen LogP contribution in [0.1, 0.15) is 19.3 Å². The van der Waals surface area contributed by atoms with Crippen molar-refractivity contribution in [3.8, 4) is 0 Å². The van der Waals surface area contributed by atoms with Crippen molar-refractivity contribution in [1.82, 2.24) is 4.31 Å². The van der Waals surface area contributed by atoms with Crippen molar-refractivity contribution in [3.05, 3.63) is 28.5 Å². The third-order valence-corrected chi connectivity index (χ3v) is 5.71. The van der Waals surface area contributed by atoms with E-state index in [9.17, 15) is 12.8 Å². The van der Waals surface area contributed by atoms with Gasteiger partial charge in [0.2, 0.25) is 10.0 Å². The van der Waals surface area contributed by atoms with Crippen LogP contribution in [-0.2, 0) is 10.0 Å². The van der Waals surface area contributed by atoms with Gasteiger partial charge in [0.25, 0.3) is 0 Å². The first kappa shape index (κ1) is 13.0. The fourth-order valence-corrected chi connectivity index (χ4v) is 3.43. The largest absolute Gasteiger partial charge is 0.243 e. The molecule has 3 nitrogen and oxygen atoms in total. The normalized spacial score (nSPS) is 17.2. The Kier molecular flexibility index (Phi) is 3.56. The Balaban J connectivity index is 2.33. The summed E-state index contributed by atoms with van der Waals surface area (Å²) < 4.78 is 39.3. The molecule has 0 aromatic heterocycles. The molecule has 1 aliphatic carbocycles. The number of hydrogen-bond acceptors (Lipinski definition) is 2. The Labute approximate surface area is 109 Å². The second-order valence-corrected chi connectivity index (χ2v) is 7.03. The Bertz CT molecular complexity index is 528. The third kappa shape index (κ3) is 2.39. The molecule has 0 aliphatic heterocycles. The monoisotopic (exact) mass is 321 g/mol. The van der Waals surface area contributed by atoms with E-state index in [-0.39, 0.29) is 15.4 Å². The number of halogens is 2. The van der Waals surface area contributed by atoms with Crippen LogP contribution in [0.5, 0.6) is 0 Å². The van der Waals surface area contributed by atoms with Crippen LogP contribution >= 0.6 is 15.9 Å². The number of benzene rings is 1. The van der Waals surface area contributed by atoms with Crippen molar-refractivity contribution < 1.29 is 12.8 Å². The van der Waals surface area contributed by atoms with Crippen LogP contribution < -0.4 is 0 Å². The fraction of sp³-hybridized carbons (Fsp3) is 0.455. The van der Waals surface area contributed by atoms with Gasteiger partial charge >= 0.3 is 0 Å². The second-order valence-electron chi connectivity index (χ2n) is 4.18. The highest BCUT2D eigenvalue weighted by Crippen LogP contribution is 2.29. The average molecular weight is 322 g/mol. The van der Waals surface area contributed by atoms with Crippen molar-refractivity contribution in [2.24, 2.45) is 0 Å². The molecule has 0 atom stereocenters. The summed E-state index contributed by atoms with van der Waals surface area (Å²) in [5, 5.41) is 0. The Morgan fingerprint density at radius 1 is 1.41 bits per heavy atom. The van der Waals surface area contributed by atoms with E-state index < -0.39 is 15.8 Å². The molecule has 0 N–H and O–H groups in total. The lowest BCUT2D eigenvalue weighted by Crippen LogP contribution is -2.41. The standard InChI is InChI=1S/C11H13BrFNO2S/c1-14(8-3-2-4-8)17(15,16)9-5-6-10(12)11(13)7-9/h5-8H,2-4H2,1H3. The predicted molar refractivity (Wildman–Crippen MR) is 66.7 cm³/mol. The van der Waals surface area contributed by atoms with Gasteiger partial charge in [-0.1, -0.05) is 6.42 Å². The van der Waals surface area contributed by atoms with Crippen LogP contribution in [0.15, 0.2) is 27.6 Å². The first-order chi connectivity index (χ1) is 7.93. The zero-order valence-electron chi connectivity index (χ0n) is 9.36. The molecule has 1 fully saturated rings. The topological polar surface area (TPSA) is 37.4 Å². The highest BCUT2D eigenvalue weighted by atomic mass is 79.9. The molecule has 0 amide bonds. The lowest BCUT2D eigenvalue weighted by molar-refractivity contribution is 0.249. The van der Waals surface area contributed by atoms with Gasteiger partial charge < -0.3 is 0 Å². The quantitative estimate of drug-likeness (QED) is 0.858. The van der Waals surface area contributed by atoms with Crippen LogP contribution in [0.4, 0.5) is 4.39 Å². The van der Waals surface area contributed by atoms with Crippen LogP contribution in [0, 0.1) is 5.82 Å². The first-order valence-electron chi connectivity index (χ1n) is 5.36. The smallest absolute Gasteiger partial charge is 0.207 e. The molecule has 0 saturated heterocycles. The summed E-state index contributed by atoms with van der Waals surface area (Å²) >= 11 is 3.00. The highest BCUT2D eigenvalue weighted by Gasteiger charge is 2.31. The van der Waals surface area contributed by atoms with Gasteiger partial charge in [-0.2, -0.15) is 4.31 Å². The lowest BCUT2D eigenvalue weighted by Gasteiger charge is -2.33. The number of nitrogens with zero attached hydrogens (tertiary/aromatic N) is 1. The van der Waals surface area contributed by atoms with E-state index in [1.54, 1.807) is 7.05 Å². The predicted octanol–water partition coefficient (Wildman–Crippen LogP) is 2.76. The van der Waals surface area contributed by atoms with E-state index in [4.69, 9.17) is 0 Å². The van der Waals surface area contributed by atoms with Crippen molar-refractivity contribution in [2.75, 3.05) is 7.05 Å². The summed E-state index contributed by atoms with van der Waals surface area (Å²) in [4.78, 5) is 0.00704. The van der Waals surface area contributed by atoms with Crippen molar-refractivity contribution in [3.63, 3.8) is 0 Å². The molecule has 94 valence electrons. The van der Waals surface area contributed by atoms with Crippen molar-refractivity contribution >= 4 is 26.0 Å². The van der Waals surface area contributed by atoms with Crippen molar-refractivity contribution in [1.29, 1.82) is 0 Å². The van der Waals surface area contributed by atoms with Gasteiger partial charge in [-0.3, -0.25) is 0 Å². The molecule has 0 spiro atoms. The molecule has 1 aromatic rings. The number of rotatable bonds is 3. The maximum absolute atomic E-state index is 13.3. The Hall–Kier alpha value is -0.460. The summed E-state index contributed by atoms with van der Waals surface area (Å²) in [6, 6.07) is 3.94. The zero-order valence-corrected chi connectivity index (χ0v) is 11.8. The van der Waals surface area contributed by atoms with Crippen LogP contribution in [0.2, 0.25) is 0 Å². The fourth-order valence-electron chi connectivity index (χ4n) is 1.75. The van der Waals surface area contributed by atoms with Crippen LogP contribution in [-0.4, -0.2) is 25.8 Å². The van der Waals surface area contributed by atoms with E-state index in [2.05, 4.69) is 15.9 Å². The van der Waals surface area contributed by atoms with Gasteiger partial charge in [0.15, 0.2) is 0 Å². The summed E-state index contributed by atoms with van der Waals surface area (Å²) in [6.07, 6.45) is 2.82. The van der Waals surface area contributed by atoms with Gasteiger partial charge in [0, 0.05) is 13.1 Å². The molecule has 1 aliphatic rings. The molecule has 0 heterocycles. The molecule has 2 rings (SSSR count). The maximum atomic E-state index is 13.3. The lowest BCUT2D eigenvalue weighted by atomic mass is 9.94. The van der Waals surface area contributed by atoms with Crippen molar-refractivity contribution in [2.45, 2.75) is 30.2 Å². The van der Waals surface area contributed by atoms with Gasteiger partial charge in [-0.05, 0) is 47.0 Å². The zero-order chi connectivity index (χ0) is 12.6. The van der Waals surface area contributed by atoms with Gasteiger partial charge in [-0.15, -0.1) is 0 Å². The van der Waals surface area contributed by atoms with Gasteiger partial charge in [0.1, 0.15) is 5.82 Å². The Morgan fingerprint density at radius 3 is 2.53 bits per heavy atom. The maximum Gasteiger partial charge on any atom is 0.243 e. The van der Waals surface area contributed by atoms with Gasteiger partial charge in [0.05, 0.1) is 9.37 Å². The van der Waals surface area contributed by atoms with Crippen LogP contribution in [0.25, 0.3) is 0 Å². The average Bonchev–Trinajstić information content (AvgIpc) is 2.19. The SMILES string of the molecule is CN(C1CCC1)S(=O)(=O)c1ccc(Br)c(F)c1. The number of sulfonamides is 1. The number of hydrogen-bond donors (Lipinski definition) is 0. The molecule has 6 heteroatoms. The highest BCUT2D eigenvalue weighted by molar-refractivity contribution is 9.10. The molecular formula is C11H13BrFNO2S. The second kappa shape index (κ2) is 4.66. The van der Waals surface area contributed by atoms with E-state index in [1.165, 1.54) is 16.4 Å². The van der Waals surface area contributed by atoms with Gasteiger partial charge in [-0.25, -0.2) is 12.8 Å². The Morgan fingerprint density at radius 2 is 2.06 bits per heavy atom. The van der Waals surface area contributed by atoms with Crippen LogP contribution in [0.3, 0.4) is 0 Å². The third-order valence-electron chi connectivity index (χ3n) is 3.16. The minimum atomic E-state index is -3.57. The molecule has 0 unspecified atom stereocenters. The molecular weight excluding hydrogens is 309 g/mol. The van der Waals surface area contributed by atoms with E-state index >= 15 is 0 Å².